The second-order valence-corrected chi connectivity index (χ2v) is 5.16. The molecule has 1 aromatic heterocycles. The van der Waals surface area contributed by atoms with Gasteiger partial charge in [0.25, 0.3) is 0 Å². The Kier molecular flexibility index (Phi) is 4.39. The number of rotatable bonds is 5. The largest absolute Gasteiger partial charge is 0.494 e. The monoisotopic (exact) mass is 312 g/mol. The van der Waals surface area contributed by atoms with Crippen LogP contribution in [0.15, 0.2) is 54.7 Å². The summed E-state index contributed by atoms with van der Waals surface area (Å²) in [4.78, 5) is 0. The minimum Gasteiger partial charge on any atom is -0.494 e. The normalized spacial score (nSPS) is 10.7. The number of aliphatic hydroxyl groups is 1. The molecule has 0 aliphatic carbocycles. The summed E-state index contributed by atoms with van der Waals surface area (Å²) in [5.74, 6) is -0.249. The van der Waals surface area contributed by atoms with Crippen LogP contribution in [0.25, 0.3) is 11.1 Å². The fourth-order valence-electron chi connectivity index (χ4n) is 2.55. The van der Waals surface area contributed by atoms with Gasteiger partial charge in [-0.05, 0) is 23.3 Å². The SMILES string of the molecule is COc1ccc(-c2cnn(Cc3ccccc3)c2CO)cc1F. The highest BCUT2D eigenvalue weighted by molar-refractivity contribution is 5.66. The summed E-state index contributed by atoms with van der Waals surface area (Å²) in [6.07, 6.45) is 1.65. The lowest BCUT2D eigenvalue weighted by atomic mass is 10.1. The number of nitrogens with zero attached hydrogens (tertiary/aromatic N) is 2. The third-order valence-corrected chi connectivity index (χ3v) is 3.74. The van der Waals surface area contributed by atoms with Crippen molar-refractivity contribution in [3.05, 3.63) is 71.8 Å². The maximum Gasteiger partial charge on any atom is 0.165 e. The molecular formula is C18H17FN2O2. The van der Waals surface area contributed by atoms with Gasteiger partial charge in [-0.2, -0.15) is 5.10 Å². The molecule has 0 bridgehead atoms. The first kappa shape index (κ1) is 15.2. The van der Waals surface area contributed by atoms with Crippen molar-refractivity contribution in [2.45, 2.75) is 13.2 Å². The van der Waals surface area contributed by atoms with Crippen molar-refractivity contribution in [3.8, 4) is 16.9 Å². The van der Waals surface area contributed by atoms with Crippen LogP contribution in [0.5, 0.6) is 5.75 Å². The van der Waals surface area contributed by atoms with E-state index in [1.165, 1.54) is 13.2 Å². The van der Waals surface area contributed by atoms with Gasteiger partial charge in [-0.25, -0.2) is 4.39 Å². The first-order chi connectivity index (χ1) is 11.2. The minimum atomic E-state index is -0.440. The van der Waals surface area contributed by atoms with E-state index in [0.717, 1.165) is 5.56 Å². The molecule has 0 saturated heterocycles. The molecule has 0 spiro atoms. The van der Waals surface area contributed by atoms with Gasteiger partial charge < -0.3 is 9.84 Å². The first-order valence-electron chi connectivity index (χ1n) is 7.26. The van der Waals surface area contributed by atoms with Crippen LogP contribution in [0.2, 0.25) is 0 Å². The highest BCUT2D eigenvalue weighted by Crippen LogP contribution is 2.28. The average molecular weight is 312 g/mol. The number of ether oxygens (including phenoxy) is 1. The zero-order valence-corrected chi connectivity index (χ0v) is 12.7. The summed E-state index contributed by atoms with van der Waals surface area (Å²) in [6, 6.07) is 14.6. The second-order valence-electron chi connectivity index (χ2n) is 5.16. The molecule has 4 nitrogen and oxygen atoms in total. The Hall–Kier alpha value is -2.66. The Bertz CT molecular complexity index is 800. The van der Waals surface area contributed by atoms with Crippen LogP contribution in [-0.4, -0.2) is 22.0 Å². The lowest BCUT2D eigenvalue weighted by Crippen LogP contribution is -2.06. The topological polar surface area (TPSA) is 47.3 Å². The van der Waals surface area contributed by atoms with Crippen LogP contribution in [0.1, 0.15) is 11.3 Å². The molecule has 3 aromatic rings. The lowest BCUT2D eigenvalue weighted by Gasteiger charge is -2.09. The van der Waals surface area contributed by atoms with E-state index in [0.29, 0.717) is 23.4 Å². The van der Waals surface area contributed by atoms with Crippen LogP contribution >= 0.6 is 0 Å². The number of halogens is 1. The quantitative estimate of drug-likeness (QED) is 0.787. The van der Waals surface area contributed by atoms with Gasteiger partial charge in [-0.1, -0.05) is 36.4 Å². The third-order valence-electron chi connectivity index (χ3n) is 3.74. The van der Waals surface area contributed by atoms with E-state index in [9.17, 15) is 9.50 Å². The van der Waals surface area contributed by atoms with Gasteiger partial charge in [0.2, 0.25) is 0 Å². The molecule has 0 saturated carbocycles. The number of aliphatic hydroxyl groups excluding tert-OH is 1. The highest BCUT2D eigenvalue weighted by atomic mass is 19.1. The molecule has 1 heterocycles. The standard InChI is InChI=1S/C18H17FN2O2/c1-23-18-8-7-14(9-16(18)19)15-10-20-21(17(15)12-22)11-13-5-3-2-4-6-13/h2-10,22H,11-12H2,1H3. The number of aromatic nitrogens is 2. The van der Waals surface area contributed by atoms with Gasteiger partial charge in [0.1, 0.15) is 0 Å². The van der Waals surface area contributed by atoms with Crippen molar-refractivity contribution in [2.75, 3.05) is 7.11 Å². The number of hydrogen-bond donors (Lipinski definition) is 1. The van der Waals surface area contributed by atoms with Crippen LogP contribution in [-0.2, 0) is 13.2 Å². The zero-order valence-electron chi connectivity index (χ0n) is 12.7. The molecule has 3 rings (SSSR count). The van der Waals surface area contributed by atoms with E-state index in [1.807, 2.05) is 30.3 Å². The second kappa shape index (κ2) is 6.62. The van der Waals surface area contributed by atoms with Crippen molar-refractivity contribution in [1.82, 2.24) is 9.78 Å². The Labute approximate surface area is 133 Å². The fourth-order valence-corrected chi connectivity index (χ4v) is 2.55. The van der Waals surface area contributed by atoms with Crippen molar-refractivity contribution in [1.29, 1.82) is 0 Å². The van der Waals surface area contributed by atoms with Gasteiger partial charge >= 0.3 is 0 Å². The van der Waals surface area contributed by atoms with Gasteiger partial charge in [0.15, 0.2) is 11.6 Å². The van der Waals surface area contributed by atoms with Gasteiger partial charge in [0.05, 0.1) is 32.2 Å². The Morgan fingerprint density at radius 2 is 1.96 bits per heavy atom. The Balaban J connectivity index is 1.96. The van der Waals surface area contributed by atoms with Crippen molar-refractivity contribution < 1.29 is 14.2 Å². The van der Waals surface area contributed by atoms with Gasteiger partial charge in [-0.3, -0.25) is 4.68 Å². The third kappa shape index (κ3) is 3.10. The van der Waals surface area contributed by atoms with E-state index >= 15 is 0 Å². The molecule has 0 aliphatic heterocycles. The van der Waals surface area contributed by atoms with Crippen molar-refractivity contribution >= 4 is 0 Å². The molecule has 0 unspecified atom stereocenters. The molecular weight excluding hydrogens is 295 g/mol. The molecule has 0 fully saturated rings. The molecule has 0 atom stereocenters. The molecule has 23 heavy (non-hydrogen) atoms. The van der Waals surface area contributed by atoms with Crippen LogP contribution in [0.4, 0.5) is 4.39 Å². The molecule has 5 heteroatoms. The molecule has 0 radical (unpaired) electrons. The summed E-state index contributed by atoms with van der Waals surface area (Å²) < 4.78 is 20.6. The smallest absolute Gasteiger partial charge is 0.165 e. The Morgan fingerprint density at radius 1 is 1.17 bits per heavy atom. The molecule has 118 valence electrons. The molecule has 0 aliphatic rings. The highest BCUT2D eigenvalue weighted by Gasteiger charge is 2.14. The van der Waals surface area contributed by atoms with E-state index in [-0.39, 0.29) is 12.4 Å². The predicted octanol–water partition coefficient (Wildman–Crippen LogP) is 3.24. The Morgan fingerprint density at radius 3 is 2.61 bits per heavy atom. The summed E-state index contributed by atoms with van der Waals surface area (Å²) in [5, 5.41) is 14.1. The lowest BCUT2D eigenvalue weighted by molar-refractivity contribution is 0.269. The first-order valence-corrected chi connectivity index (χ1v) is 7.26. The van der Waals surface area contributed by atoms with E-state index in [1.54, 1.807) is 23.0 Å². The zero-order chi connectivity index (χ0) is 16.2. The summed E-state index contributed by atoms with van der Waals surface area (Å²) in [6.45, 7) is 0.380. The van der Waals surface area contributed by atoms with E-state index < -0.39 is 5.82 Å². The maximum absolute atomic E-state index is 13.9. The minimum absolute atomic E-state index is 0.171. The molecule has 1 N–H and O–H groups in total. The summed E-state index contributed by atoms with van der Waals surface area (Å²) >= 11 is 0. The van der Waals surface area contributed by atoms with Gasteiger partial charge in [-0.15, -0.1) is 0 Å². The number of methoxy groups -OCH3 is 1. The fraction of sp³-hybridized carbons (Fsp3) is 0.167. The molecule has 0 amide bonds. The van der Waals surface area contributed by atoms with Crippen molar-refractivity contribution in [3.63, 3.8) is 0 Å². The van der Waals surface area contributed by atoms with Crippen LogP contribution in [0, 0.1) is 5.82 Å². The van der Waals surface area contributed by atoms with Crippen LogP contribution < -0.4 is 4.74 Å². The molecule has 2 aromatic carbocycles. The van der Waals surface area contributed by atoms with Gasteiger partial charge in [0, 0.05) is 5.56 Å². The number of benzene rings is 2. The van der Waals surface area contributed by atoms with Crippen LogP contribution in [0.3, 0.4) is 0 Å². The van der Waals surface area contributed by atoms with E-state index in [4.69, 9.17) is 4.74 Å². The maximum atomic E-state index is 13.9. The average Bonchev–Trinajstić information content (AvgIpc) is 2.98. The van der Waals surface area contributed by atoms with E-state index in [2.05, 4.69) is 5.10 Å². The number of hydrogen-bond acceptors (Lipinski definition) is 3. The predicted molar refractivity (Wildman–Crippen MR) is 85.6 cm³/mol. The van der Waals surface area contributed by atoms with Crippen molar-refractivity contribution in [2.24, 2.45) is 0 Å². The summed E-state index contributed by atoms with van der Waals surface area (Å²) in [7, 11) is 1.43. The summed E-state index contributed by atoms with van der Waals surface area (Å²) in [5.41, 5.74) is 3.10.